The predicted molar refractivity (Wildman–Crippen MR) is 104 cm³/mol. The average Bonchev–Trinajstić information content (AvgIpc) is 2.66. The van der Waals surface area contributed by atoms with E-state index < -0.39 is 0 Å². The van der Waals surface area contributed by atoms with Crippen molar-refractivity contribution < 1.29 is 5.11 Å². The van der Waals surface area contributed by atoms with Crippen LogP contribution in [-0.4, -0.2) is 66.8 Å². The van der Waals surface area contributed by atoms with Gasteiger partial charge in [-0.3, -0.25) is 4.99 Å². The zero-order chi connectivity index (χ0) is 17.9. The van der Waals surface area contributed by atoms with Gasteiger partial charge in [0.1, 0.15) is 5.82 Å². The maximum absolute atomic E-state index is 9.23. The second kappa shape index (κ2) is 10.9. The van der Waals surface area contributed by atoms with Gasteiger partial charge in [0.2, 0.25) is 0 Å². The van der Waals surface area contributed by atoms with Gasteiger partial charge in [-0.2, -0.15) is 0 Å². The summed E-state index contributed by atoms with van der Waals surface area (Å²) < 4.78 is 0. The zero-order valence-corrected chi connectivity index (χ0v) is 15.7. The minimum Gasteiger partial charge on any atom is -0.396 e. The summed E-state index contributed by atoms with van der Waals surface area (Å²) in [5, 5.41) is 12.7. The Kier molecular flexibility index (Phi) is 8.52. The first-order chi connectivity index (χ1) is 12.3. The largest absolute Gasteiger partial charge is 0.396 e. The number of hydrogen-bond donors (Lipinski definition) is 2. The summed E-state index contributed by atoms with van der Waals surface area (Å²) in [4.78, 5) is 14.0. The maximum Gasteiger partial charge on any atom is 0.194 e. The monoisotopic (exact) mass is 347 g/mol. The van der Waals surface area contributed by atoms with Crippen molar-refractivity contribution >= 4 is 11.8 Å². The van der Waals surface area contributed by atoms with Gasteiger partial charge in [-0.1, -0.05) is 19.4 Å². The van der Waals surface area contributed by atoms with Crippen molar-refractivity contribution in [2.45, 2.75) is 33.1 Å². The van der Waals surface area contributed by atoms with Gasteiger partial charge in [0, 0.05) is 52.1 Å². The number of aliphatic imine (C=N–C) groups is 1. The van der Waals surface area contributed by atoms with Crippen LogP contribution in [0.5, 0.6) is 0 Å². The lowest BCUT2D eigenvalue weighted by Gasteiger charge is -2.37. The zero-order valence-electron chi connectivity index (χ0n) is 15.7. The van der Waals surface area contributed by atoms with Crippen LogP contribution in [-0.2, 0) is 0 Å². The van der Waals surface area contributed by atoms with Crippen LogP contribution in [0.4, 0.5) is 5.82 Å². The number of nitrogens with one attached hydrogen (secondary N) is 1. The molecule has 0 saturated carbocycles. The molecule has 2 N–H and O–H groups in total. The van der Waals surface area contributed by atoms with Crippen molar-refractivity contribution in [1.82, 2.24) is 15.2 Å². The Morgan fingerprint density at radius 3 is 2.64 bits per heavy atom. The van der Waals surface area contributed by atoms with Crippen LogP contribution >= 0.6 is 0 Å². The summed E-state index contributed by atoms with van der Waals surface area (Å²) >= 11 is 0. The topological polar surface area (TPSA) is 64.0 Å². The fourth-order valence-electron chi connectivity index (χ4n) is 3.25. The molecule has 0 bridgehead atoms. The number of anilines is 1. The fourth-order valence-corrected chi connectivity index (χ4v) is 3.25. The molecule has 1 atom stereocenters. The number of hydrogen-bond acceptors (Lipinski definition) is 4. The standard InChI is InChI=1S/C19H33N5O/c1-3-7-17(9-15-25)16-22-19(20-4-2)24-13-11-23(12-14-24)18-8-5-6-10-21-18/h5-6,8,10,17,25H,3-4,7,9,11-16H2,1-2H3,(H,20,22). The molecule has 0 spiro atoms. The molecule has 0 amide bonds. The Morgan fingerprint density at radius 1 is 1.24 bits per heavy atom. The number of guanidine groups is 1. The lowest BCUT2D eigenvalue weighted by molar-refractivity contribution is 0.253. The van der Waals surface area contributed by atoms with Crippen LogP contribution in [0.1, 0.15) is 33.1 Å². The molecule has 1 aliphatic heterocycles. The SMILES string of the molecule is CCCC(CCO)CN=C(NCC)N1CCN(c2ccccn2)CC1. The van der Waals surface area contributed by atoms with Crippen LogP contribution in [0.25, 0.3) is 0 Å². The predicted octanol–water partition coefficient (Wildman–Crippen LogP) is 1.97. The molecule has 1 aromatic heterocycles. The highest BCUT2D eigenvalue weighted by molar-refractivity contribution is 5.80. The van der Waals surface area contributed by atoms with Gasteiger partial charge in [-0.25, -0.2) is 4.98 Å². The van der Waals surface area contributed by atoms with E-state index in [1.165, 1.54) is 0 Å². The average molecular weight is 348 g/mol. The summed E-state index contributed by atoms with van der Waals surface area (Å²) in [7, 11) is 0. The van der Waals surface area contributed by atoms with Gasteiger partial charge < -0.3 is 20.2 Å². The van der Waals surface area contributed by atoms with Crippen molar-refractivity contribution in [2.24, 2.45) is 10.9 Å². The van der Waals surface area contributed by atoms with Crippen molar-refractivity contribution in [3.05, 3.63) is 24.4 Å². The second-order valence-electron chi connectivity index (χ2n) is 6.52. The van der Waals surface area contributed by atoms with Gasteiger partial charge in [0.05, 0.1) is 0 Å². The highest BCUT2D eigenvalue weighted by Gasteiger charge is 2.20. The third-order valence-electron chi connectivity index (χ3n) is 4.62. The van der Waals surface area contributed by atoms with Crippen LogP contribution in [0.15, 0.2) is 29.4 Å². The Balaban J connectivity index is 1.93. The first-order valence-corrected chi connectivity index (χ1v) is 9.58. The van der Waals surface area contributed by atoms with E-state index in [0.717, 1.165) is 70.3 Å². The first-order valence-electron chi connectivity index (χ1n) is 9.58. The van der Waals surface area contributed by atoms with Crippen molar-refractivity contribution in [2.75, 3.05) is 50.8 Å². The number of aliphatic hydroxyl groups excluding tert-OH is 1. The van der Waals surface area contributed by atoms with E-state index in [4.69, 9.17) is 4.99 Å². The molecule has 1 aliphatic rings. The number of piperazine rings is 1. The summed E-state index contributed by atoms with van der Waals surface area (Å²) in [5.41, 5.74) is 0. The number of nitrogens with zero attached hydrogens (tertiary/aromatic N) is 4. The van der Waals surface area contributed by atoms with Gasteiger partial charge >= 0.3 is 0 Å². The molecule has 1 saturated heterocycles. The second-order valence-corrected chi connectivity index (χ2v) is 6.52. The van der Waals surface area contributed by atoms with E-state index in [2.05, 4.69) is 40.0 Å². The molecule has 1 aromatic rings. The third-order valence-corrected chi connectivity index (χ3v) is 4.62. The van der Waals surface area contributed by atoms with E-state index in [9.17, 15) is 5.11 Å². The summed E-state index contributed by atoms with van der Waals surface area (Å²) in [6.07, 6.45) is 4.95. The summed E-state index contributed by atoms with van der Waals surface area (Å²) in [6.45, 7) is 10.0. The minimum absolute atomic E-state index is 0.249. The molecule has 2 heterocycles. The minimum atomic E-state index is 0.249. The molecule has 1 fully saturated rings. The lowest BCUT2D eigenvalue weighted by Crippen LogP contribution is -2.52. The Labute approximate surface area is 152 Å². The molecule has 0 aliphatic carbocycles. The quantitative estimate of drug-likeness (QED) is 0.556. The van der Waals surface area contributed by atoms with E-state index in [1.807, 2.05) is 18.3 Å². The van der Waals surface area contributed by atoms with Gasteiger partial charge in [-0.05, 0) is 37.8 Å². The molecular formula is C19H33N5O. The molecule has 140 valence electrons. The lowest BCUT2D eigenvalue weighted by atomic mass is 10.0. The van der Waals surface area contributed by atoms with Gasteiger partial charge in [0.25, 0.3) is 0 Å². The maximum atomic E-state index is 9.23. The number of pyridine rings is 1. The Hall–Kier alpha value is -1.82. The molecule has 6 nitrogen and oxygen atoms in total. The number of aromatic nitrogens is 1. The number of rotatable bonds is 8. The van der Waals surface area contributed by atoms with Crippen molar-refractivity contribution in [1.29, 1.82) is 0 Å². The highest BCUT2D eigenvalue weighted by Crippen LogP contribution is 2.14. The van der Waals surface area contributed by atoms with Crippen LogP contribution in [0.2, 0.25) is 0 Å². The Morgan fingerprint density at radius 2 is 2.04 bits per heavy atom. The molecular weight excluding hydrogens is 314 g/mol. The van der Waals surface area contributed by atoms with Gasteiger partial charge in [-0.15, -0.1) is 0 Å². The molecule has 1 unspecified atom stereocenters. The number of aliphatic hydroxyl groups is 1. The fraction of sp³-hybridized carbons (Fsp3) is 0.684. The van der Waals surface area contributed by atoms with Crippen molar-refractivity contribution in [3.8, 4) is 0 Å². The van der Waals surface area contributed by atoms with E-state index in [0.29, 0.717) is 5.92 Å². The molecule has 0 radical (unpaired) electrons. The summed E-state index contributed by atoms with van der Waals surface area (Å²) in [6, 6.07) is 6.06. The molecule has 6 heteroatoms. The molecule has 0 aromatic carbocycles. The van der Waals surface area contributed by atoms with E-state index in [-0.39, 0.29) is 6.61 Å². The normalized spacial score (nSPS) is 16.8. The third kappa shape index (κ3) is 6.20. The molecule has 2 rings (SSSR count). The first kappa shape index (κ1) is 19.5. The van der Waals surface area contributed by atoms with E-state index in [1.54, 1.807) is 0 Å². The summed E-state index contributed by atoms with van der Waals surface area (Å²) in [5.74, 6) is 2.52. The smallest absolute Gasteiger partial charge is 0.194 e. The Bertz CT molecular complexity index is 494. The highest BCUT2D eigenvalue weighted by atomic mass is 16.3. The van der Waals surface area contributed by atoms with Crippen LogP contribution < -0.4 is 10.2 Å². The van der Waals surface area contributed by atoms with Crippen molar-refractivity contribution in [3.63, 3.8) is 0 Å². The molecule has 25 heavy (non-hydrogen) atoms. The van der Waals surface area contributed by atoms with E-state index >= 15 is 0 Å². The van der Waals surface area contributed by atoms with Crippen LogP contribution in [0.3, 0.4) is 0 Å². The van der Waals surface area contributed by atoms with Crippen LogP contribution in [0, 0.1) is 5.92 Å². The van der Waals surface area contributed by atoms with Gasteiger partial charge in [0.15, 0.2) is 5.96 Å².